The fourth-order valence-electron chi connectivity index (χ4n) is 2.43. The highest BCUT2D eigenvalue weighted by molar-refractivity contribution is 6.46. The summed E-state index contributed by atoms with van der Waals surface area (Å²) in [5, 5.41) is 3.89. The number of nitrogens with zero attached hydrogens (tertiary/aromatic N) is 2. The van der Waals surface area contributed by atoms with Gasteiger partial charge in [-0.25, -0.2) is 10.4 Å². The predicted molar refractivity (Wildman–Crippen MR) is 118 cm³/mol. The Bertz CT molecular complexity index is 883. The number of carbonyl (C=O) groups is 1. The molecular formula is C20H21Cl3N4O. The number of carbonyl (C=O) groups excluding carboxylic acids is 1. The molecule has 28 heavy (non-hydrogen) atoms. The molecule has 148 valence electrons. The van der Waals surface area contributed by atoms with Crippen LogP contribution >= 0.6 is 34.8 Å². The van der Waals surface area contributed by atoms with Gasteiger partial charge in [0.1, 0.15) is 5.02 Å². The summed E-state index contributed by atoms with van der Waals surface area (Å²) in [4.78, 5) is 16.2. The Labute approximate surface area is 179 Å². The number of anilines is 1. The molecule has 0 unspecified atom stereocenters. The molecule has 3 N–H and O–H groups in total. The molecule has 8 heteroatoms. The standard InChI is InChI=1S/C20H21Cl3N4O/c1-2-3-5-10-14(11-13-8-6-4-7-9-13)12-25-27-20(28)18-15(21)17(24)16(22)19(23)26-18/h4,6-9,11-12H,2-3,5,10H2,1H3,(H2,24,26)(H,27,28)/b14-11+,25-12+. The third-order valence-electron chi connectivity index (χ3n) is 3.90. The van der Waals surface area contributed by atoms with Crippen LogP contribution in [0.2, 0.25) is 15.2 Å². The molecule has 0 atom stereocenters. The van der Waals surface area contributed by atoms with Crippen LogP contribution in [0, 0.1) is 0 Å². The average Bonchev–Trinajstić information content (AvgIpc) is 2.69. The van der Waals surface area contributed by atoms with Crippen LogP contribution in [0.3, 0.4) is 0 Å². The van der Waals surface area contributed by atoms with Crippen LogP contribution < -0.4 is 11.2 Å². The minimum Gasteiger partial charge on any atom is -0.396 e. The van der Waals surface area contributed by atoms with Gasteiger partial charge in [-0.2, -0.15) is 5.10 Å². The van der Waals surface area contributed by atoms with Crippen molar-refractivity contribution < 1.29 is 4.79 Å². The third-order valence-corrected chi connectivity index (χ3v) is 5.04. The normalized spacial score (nSPS) is 11.8. The first kappa shape index (κ1) is 22.2. The van der Waals surface area contributed by atoms with Gasteiger partial charge in [-0.15, -0.1) is 0 Å². The van der Waals surface area contributed by atoms with Crippen molar-refractivity contribution in [3.8, 4) is 0 Å². The van der Waals surface area contributed by atoms with E-state index in [9.17, 15) is 4.79 Å². The monoisotopic (exact) mass is 438 g/mol. The molecule has 0 aliphatic rings. The zero-order chi connectivity index (χ0) is 20.5. The van der Waals surface area contributed by atoms with E-state index >= 15 is 0 Å². The Morgan fingerprint density at radius 1 is 1.18 bits per heavy atom. The zero-order valence-corrected chi connectivity index (χ0v) is 17.7. The van der Waals surface area contributed by atoms with Gasteiger partial charge in [0.05, 0.1) is 16.9 Å². The first-order valence-corrected chi connectivity index (χ1v) is 9.96. The lowest BCUT2D eigenvalue weighted by Crippen LogP contribution is -2.20. The molecule has 0 saturated carbocycles. The van der Waals surface area contributed by atoms with Crippen molar-refractivity contribution in [2.24, 2.45) is 5.10 Å². The van der Waals surface area contributed by atoms with Gasteiger partial charge in [0.15, 0.2) is 10.8 Å². The Morgan fingerprint density at radius 3 is 2.57 bits per heavy atom. The number of nitrogens with one attached hydrogen (secondary N) is 1. The molecule has 0 fully saturated rings. The summed E-state index contributed by atoms with van der Waals surface area (Å²) in [6.07, 6.45) is 7.78. The van der Waals surface area contributed by atoms with Crippen LogP contribution in [-0.2, 0) is 0 Å². The molecule has 2 aromatic rings. The second kappa shape index (κ2) is 11.1. The summed E-state index contributed by atoms with van der Waals surface area (Å²) in [6, 6.07) is 9.92. The topological polar surface area (TPSA) is 80.4 Å². The van der Waals surface area contributed by atoms with Gasteiger partial charge in [-0.1, -0.05) is 91.0 Å². The van der Waals surface area contributed by atoms with Crippen molar-refractivity contribution in [3.63, 3.8) is 0 Å². The second-order valence-electron chi connectivity index (χ2n) is 6.08. The molecule has 0 aliphatic carbocycles. The quantitative estimate of drug-likeness (QED) is 0.229. The van der Waals surface area contributed by atoms with E-state index in [2.05, 4.69) is 22.4 Å². The Morgan fingerprint density at radius 2 is 1.89 bits per heavy atom. The smallest absolute Gasteiger partial charge is 0.291 e. The first-order chi connectivity index (χ1) is 13.4. The van der Waals surface area contributed by atoms with E-state index in [-0.39, 0.29) is 26.6 Å². The van der Waals surface area contributed by atoms with E-state index in [1.807, 2.05) is 36.4 Å². The Balaban J connectivity index is 2.14. The largest absolute Gasteiger partial charge is 0.396 e. The molecule has 0 radical (unpaired) electrons. The van der Waals surface area contributed by atoms with Gasteiger partial charge >= 0.3 is 0 Å². The van der Waals surface area contributed by atoms with E-state index < -0.39 is 5.91 Å². The fraction of sp³-hybridized carbons (Fsp3) is 0.250. The van der Waals surface area contributed by atoms with Gasteiger partial charge in [-0.05, 0) is 24.0 Å². The van der Waals surface area contributed by atoms with Crippen molar-refractivity contribution in [3.05, 3.63) is 62.4 Å². The Hall–Kier alpha value is -2.08. The maximum absolute atomic E-state index is 12.3. The number of unbranched alkanes of at least 4 members (excludes halogenated alkanes) is 2. The summed E-state index contributed by atoms with van der Waals surface area (Å²) in [7, 11) is 0. The predicted octanol–water partition coefficient (Wildman–Crippen LogP) is 6.00. The first-order valence-electron chi connectivity index (χ1n) is 8.83. The van der Waals surface area contributed by atoms with Gasteiger partial charge in [-0.3, -0.25) is 4.79 Å². The Kier molecular flexibility index (Phi) is 8.77. The highest BCUT2D eigenvalue weighted by Crippen LogP contribution is 2.34. The number of aromatic nitrogens is 1. The summed E-state index contributed by atoms with van der Waals surface area (Å²) in [6.45, 7) is 2.15. The number of nitrogens with two attached hydrogens (primary N) is 1. The molecule has 2 rings (SSSR count). The molecule has 1 aromatic heterocycles. The van der Waals surface area contributed by atoms with E-state index in [0.29, 0.717) is 0 Å². The number of allylic oxidation sites excluding steroid dienone is 1. The molecule has 0 aliphatic heterocycles. The maximum Gasteiger partial charge on any atom is 0.291 e. The number of hydrogen-bond acceptors (Lipinski definition) is 4. The van der Waals surface area contributed by atoms with Crippen molar-refractivity contribution in [1.29, 1.82) is 0 Å². The molecule has 0 bridgehead atoms. The van der Waals surface area contributed by atoms with Crippen LogP contribution in [0.4, 0.5) is 5.69 Å². The van der Waals surface area contributed by atoms with Crippen molar-refractivity contribution >= 4 is 58.7 Å². The minimum absolute atomic E-state index is 0.00157. The SMILES string of the molecule is CCCCCC(/C=N/NC(=O)c1nc(Cl)c(Cl)c(N)c1Cl)=C\c1ccccc1. The van der Waals surface area contributed by atoms with E-state index in [1.54, 1.807) is 6.21 Å². The van der Waals surface area contributed by atoms with Crippen molar-refractivity contribution in [2.75, 3.05) is 5.73 Å². The summed E-state index contributed by atoms with van der Waals surface area (Å²) in [5.74, 6) is -0.626. The van der Waals surface area contributed by atoms with Crippen LogP contribution in [0.25, 0.3) is 6.08 Å². The summed E-state index contributed by atoms with van der Waals surface area (Å²) < 4.78 is 0. The summed E-state index contributed by atoms with van der Waals surface area (Å²) >= 11 is 17.8. The van der Waals surface area contributed by atoms with Gasteiger partial charge in [0.25, 0.3) is 5.91 Å². The third kappa shape index (κ3) is 6.23. The van der Waals surface area contributed by atoms with Crippen molar-refractivity contribution in [2.45, 2.75) is 32.6 Å². The zero-order valence-electron chi connectivity index (χ0n) is 15.4. The van der Waals surface area contributed by atoms with Crippen LogP contribution in [0.5, 0.6) is 0 Å². The molecule has 1 heterocycles. The molecule has 0 spiro atoms. The van der Waals surface area contributed by atoms with Gasteiger partial charge in [0.2, 0.25) is 0 Å². The molecule has 1 aromatic carbocycles. The van der Waals surface area contributed by atoms with Crippen LogP contribution in [-0.4, -0.2) is 17.1 Å². The van der Waals surface area contributed by atoms with E-state index in [4.69, 9.17) is 40.5 Å². The second-order valence-corrected chi connectivity index (χ2v) is 7.19. The maximum atomic E-state index is 12.3. The molecule has 5 nitrogen and oxygen atoms in total. The lowest BCUT2D eigenvalue weighted by atomic mass is 10.1. The lowest BCUT2D eigenvalue weighted by molar-refractivity contribution is 0.0950. The highest BCUT2D eigenvalue weighted by atomic mass is 35.5. The van der Waals surface area contributed by atoms with Gasteiger partial charge in [0, 0.05) is 0 Å². The summed E-state index contributed by atoms with van der Waals surface area (Å²) in [5.41, 5.74) is 10.1. The fourth-order valence-corrected chi connectivity index (χ4v) is 3.02. The van der Waals surface area contributed by atoms with E-state index in [0.717, 1.165) is 36.8 Å². The van der Waals surface area contributed by atoms with Crippen LogP contribution in [0.15, 0.2) is 41.0 Å². The number of amides is 1. The number of pyridine rings is 1. The highest BCUT2D eigenvalue weighted by Gasteiger charge is 2.19. The van der Waals surface area contributed by atoms with Crippen molar-refractivity contribution in [1.82, 2.24) is 10.4 Å². The minimum atomic E-state index is -0.626. The van der Waals surface area contributed by atoms with Gasteiger partial charge < -0.3 is 5.73 Å². The number of hydrazone groups is 1. The molecule has 1 amide bonds. The van der Waals surface area contributed by atoms with Crippen LogP contribution in [0.1, 0.15) is 48.7 Å². The number of halogens is 3. The average molecular weight is 440 g/mol. The number of hydrogen-bond donors (Lipinski definition) is 2. The number of benzene rings is 1. The number of rotatable bonds is 8. The van der Waals surface area contributed by atoms with E-state index in [1.165, 1.54) is 0 Å². The molecule has 0 saturated heterocycles. The number of nitrogen functional groups attached to an aromatic ring is 1. The molecular weight excluding hydrogens is 419 g/mol. The lowest BCUT2D eigenvalue weighted by Gasteiger charge is -2.08.